The minimum Gasteiger partial charge on any atom is -0.493 e. The van der Waals surface area contributed by atoms with E-state index in [2.05, 4.69) is 20.7 Å². The van der Waals surface area contributed by atoms with Crippen molar-refractivity contribution in [1.29, 1.82) is 0 Å². The number of hydrogen-bond acceptors (Lipinski definition) is 3. The van der Waals surface area contributed by atoms with E-state index in [-0.39, 0.29) is 5.75 Å². The molecule has 0 fully saturated rings. The second-order valence-corrected chi connectivity index (χ2v) is 5.95. The van der Waals surface area contributed by atoms with Crippen LogP contribution < -0.4 is 9.46 Å². The molecule has 0 bridgehead atoms. The predicted octanol–water partition coefficient (Wildman–Crippen LogP) is 2.61. The molecule has 16 heavy (non-hydrogen) atoms. The summed E-state index contributed by atoms with van der Waals surface area (Å²) in [5.74, 6) is 0.750. The van der Waals surface area contributed by atoms with Gasteiger partial charge < -0.3 is 4.74 Å². The Morgan fingerprint density at radius 1 is 1.38 bits per heavy atom. The number of sulfonamides is 1. The van der Waals surface area contributed by atoms with Crippen LogP contribution in [0.25, 0.3) is 0 Å². The maximum Gasteiger partial charge on any atom is 0.232 e. The van der Waals surface area contributed by atoms with Crippen LogP contribution in [0.3, 0.4) is 0 Å². The first-order valence-corrected chi connectivity index (χ1v) is 7.36. The van der Waals surface area contributed by atoms with Crippen LogP contribution in [-0.4, -0.2) is 20.8 Å². The summed E-state index contributed by atoms with van der Waals surface area (Å²) < 4.78 is 31.2. The van der Waals surface area contributed by atoms with Crippen LogP contribution in [0.4, 0.5) is 5.69 Å². The van der Waals surface area contributed by atoms with Gasteiger partial charge in [-0.05, 0) is 48.0 Å². The van der Waals surface area contributed by atoms with Crippen LogP contribution >= 0.6 is 15.9 Å². The molecule has 1 rings (SSSR count). The molecule has 0 atom stereocenters. The molecule has 0 unspecified atom stereocenters. The smallest absolute Gasteiger partial charge is 0.232 e. The monoisotopic (exact) mass is 307 g/mol. The molecule has 1 aromatic carbocycles. The third-order valence-corrected chi connectivity index (χ3v) is 3.81. The molecule has 0 radical (unpaired) electrons. The Balaban J connectivity index is 2.89. The van der Waals surface area contributed by atoms with Gasteiger partial charge in [0.1, 0.15) is 5.75 Å². The normalized spacial score (nSPS) is 11.2. The predicted molar refractivity (Wildman–Crippen MR) is 68.4 cm³/mol. The summed E-state index contributed by atoms with van der Waals surface area (Å²) in [7, 11) is -3.23. The molecular weight excluding hydrogens is 294 g/mol. The van der Waals surface area contributed by atoms with Crippen molar-refractivity contribution in [2.75, 3.05) is 17.1 Å². The zero-order chi connectivity index (χ0) is 12.2. The van der Waals surface area contributed by atoms with E-state index in [1.807, 2.05) is 6.92 Å². The topological polar surface area (TPSA) is 55.4 Å². The molecule has 0 saturated carbocycles. The van der Waals surface area contributed by atoms with Crippen LogP contribution in [0.2, 0.25) is 0 Å². The SMILES string of the molecule is CCOc1ccc(NS(=O)(=O)CC)cc1Br. The number of halogens is 1. The van der Waals surface area contributed by atoms with Gasteiger partial charge in [-0.15, -0.1) is 0 Å². The van der Waals surface area contributed by atoms with E-state index in [4.69, 9.17) is 4.74 Å². The minimum atomic E-state index is -3.23. The van der Waals surface area contributed by atoms with Crippen LogP contribution in [0, 0.1) is 0 Å². The molecule has 0 spiro atoms. The first kappa shape index (κ1) is 13.3. The van der Waals surface area contributed by atoms with Gasteiger partial charge in [-0.3, -0.25) is 4.72 Å². The Kier molecular flexibility index (Phi) is 4.61. The van der Waals surface area contributed by atoms with E-state index in [1.165, 1.54) is 0 Å². The van der Waals surface area contributed by atoms with E-state index in [0.717, 1.165) is 4.47 Å². The van der Waals surface area contributed by atoms with Gasteiger partial charge in [-0.1, -0.05) is 0 Å². The first-order valence-electron chi connectivity index (χ1n) is 4.91. The van der Waals surface area contributed by atoms with Crippen molar-refractivity contribution in [2.45, 2.75) is 13.8 Å². The molecule has 1 aromatic rings. The summed E-state index contributed by atoms with van der Waals surface area (Å²) in [6.45, 7) is 4.05. The summed E-state index contributed by atoms with van der Waals surface area (Å²) in [5, 5.41) is 0. The van der Waals surface area contributed by atoms with Crippen molar-refractivity contribution in [1.82, 2.24) is 0 Å². The lowest BCUT2D eigenvalue weighted by Gasteiger charge is -2.09. The average molecular weight is 308 g/mol. The van der Waals surface area contributed by atoms with Gasteiger partial charge in [0.25, 0.3) is 0 Å². The molecule has 6 heteroatoms. The summed E-state index contributed by atoms with van der Waals surface area (Å²) >= 11 is 3.32. The number of ether oxygens (including phenoxy) is 1. The second-order valence-electron chi connectivity index (χ2n) is 3.08. The quantitative estimate of drug-likeness (QED) is 0.909. The van der Waals surface area contributed by atoms with Gasteiger partial charge in [0.05, 0.1) is 16.8 Å². The zero-order valence-corrected chi connectivity index (χ0v) is 11.6. The van der Waals surface area contributed by atoms with Crippen molar-refractivity contribution >= 4 is 31.6 Å². The highest BCUT2D eigenvalue weighted by Gasteiger charge is 2.08. The largest absolute Gasteiger partial charge is 0.493 e. The summed E-state index contributed by atoms with van der Waals surface area (Å²) in [6, 6.07) is 5.07. The number of nitrogens with one attached hydrogen (secondary N) is 1. The number of hydrogen-bond donors (Lipinski definition) is 1. The molecular formula is C10H14BrNO3S. The van der Waals surface area contributed by atoms with Gasteiger partial charge in [0.15, 0.2) is 0 Å². The van der Waals surface area contributed by atoms with Crippen molar-refractivity contribution in [3.05, 3.63) is 22.7 Å². The average Bonchev–Trinajstić information content (AvgIpc) is 2.22. The summed E-state index contributed by atoms with van der Waals surface area (Å²) in [5.41, 5.74) is 0.525. The molecule has 0 heterocycles. The Morgan fingerprint density at radius 2 is 2.06 bits per heavy atom. The Bertz CT molecular complexity index is 459. The van der Waals surface area contributed by atoms with Gasteiger partial charge in [0.2, 0.25) is 10.0 Å². The van der Waals surface area contributed by atoms with Crippen molar-refractivity contribution in [3.63, 3.8) is 0 Å². The van der Waals surface area contributed by atoms with Crippen LogP contribution in [0.15, 0.2) is 22.7 Å². The molecule has 0 aliphatic heterocycles. The highest BCUT2D eigenvalue weighted by Crippen LogP contribution is 2.28. The Labute approximate surface area is 104 Å². The molecule has 0 aliphatic carbocycles. The molecule has 1 N–H and O–H groups in total. The summed E-state index contributed by atoms with van der Waals surface area (Å²) in [6.07, 6.45) is 0. The number of rotatable bonds is 5. The van der Waals surface area contributed by atoms with E-state index in [9.17, 15) is 8.42 Å². The fraction of sp³-hybridized carbons (Fsp3) is 0.400. The van der Waals surface area contributed by atoms with E-state index in [1.54, 1.807) is 25.1 Å². The lowest BCUT2D eigenvalue weighted by Crippen LogP contribution is -2.14. The maximum absolute atomic E-state index is 11.3. The molecule has 4 nitrogen and oxygen atoms in total. The fourth-order valence-corrected chi connectivity index (χ4v) is 2.21. The molecule has 0 aromatic heterocycles. The zero-order valence-electron chi connectivity index (χ0n) is 9.16. The van der Waals surface area contributed by atoms with Crippen molar-refractivity contribution < 1.29 is 13.2 Å². The minimum absolute atomic E-state index is 0.0534. The number of anilines is 1. The van der Waals surface area contributed by atoms with E-state index >= 15 is 0 Å². The lowest BCUT2D eigenvalue weighted by molar-refractivity contribution is 0.338. The molecule has 0 amide bonds. The third-order valence-electron chi connectivity index (χ3n) is 1.89. The van der Waals surface area contributed by atoms with Gasteiger partial charge >= 0.3 is 0 Å². The van der Waals surface area contributed by atoms with E-state index in [0.29, 0.717) is 18.0 Å². The first-order chi connectivity index (χ1) is 7.48. The van der Waals surface area contributed by atoms with Crippen LogP contribution in [-0.2, 0) is 10.0 Å². The van der Waals surface area contributed by atoms with Crippen LogP contribution in [0.1, 0.15) is 13.8 Å². The maximum atomic E-state index is 11.3. The highest BCUT2D eigenvalue weighted by molar-refractivity contribution is 9.10. The van der Waals surface area contributed by atoms with Crippen LogP contribution in [0.5, 0.6) is 5.75 Å². The highest BCUT2D eigenvalue weighted by atomic mass is 79.9. The van der Waals surface area contributed by atoms with Gasteiger partial charge in [-0.25, -0.2) is 8.42 Å². The Morgan fingerprint density at radius 3 is 2.56 bits per heavy atom. The third kappa shape index (κ3) is 3.68. The standard InChI is InChI=1S/C10H14BrNO3S/c1-3-15-10-6-5-8(7-9(10)11)12-16(13,14)4-2/h5-7,12H,3-4H2,1-2H3. The van der Waals surface area contributed by atoms with Crippen molar-refractivity contribution in [2.24, 2.45) is 0 Å². The fourth-order valence-electron chi connectivity index (χ4n) is 1.09. The summed E-state index contributed by atoms with van der Waals surface area (Å²) in [4.78, 5) is 0. The van der Waals surface area contributed by atoms with Gasteiger partial charge in [0, 0.05) is 5.69 Å². The van der Waals surface area contributed by atoms with Gasteiger partial charge in [-0.2, -0.15) is 0 Å². The van der Waals surface area contributed by atoms with Crippen molar-refractivity contribution in [3.8, 4) is 5.75 Å². The second kappa shape index (κ2) is 5.54. The van der Waals surface area contributed by atoms with E-state index < -0.39 is 10.0 Å². The number of benzene rings is 1. The molecule has 90 valence electrons. The Hall–Kier alpha value is -0.750. The lowest BCUT2D eigenvalue weighted by atomic mass is 10.3. The molecule has 0 aliphatic rings. The molecule has 0 saturated heterocycles.